The number of aromatic nitrogens is 1. The van der Waals surface area contributed by atoms with Gasteiger partial charge in [-0.1, -0.05) is 0 Å². The minimum atomic E-state index is -2.64. The van der Waals surface area contributed by atoms with Crippen LogP contribution in [0.2, 0.25) is 0 Å². The van der Waals surface area contributed by atoms with Crippen LogP contribution < -0.4 is 0 Å². The third-order valence-corrected chi connectivity index (χ3v) is 2.60. The van der Waals surface area contributed by atoms with Crippen molar-refractivity contribution in [3.63, 3.8) is 0 Å². The second-order valence-corrected chi connectivity index (χ2v) is 3.41. The van der Waals surface area contributed by atoms with Crippen molar-refractivity contribution in [2.75, 3.05) is 0 Å². The Hall–Kier alpha value is -0.550. The van der Waals surface area contributed by atoms with Gasteiger partial charge in [-0.2, -0.15) is 0 Å². The molecule has 0 aliphatic rings. The third-order valence-electron chi connectivity index (χ3n) is 1.80. The summed E-state index contributed by atoms with van der Waals surface area (Å²) in [6, 6.07) is 0. The Kier molecular flexibility index (Phi) is 3.33. The number of aliphatic hydroxyl groups excluding tert-OH is 1. The largest absolute Gasteiger partial charge is 0.392 e. The number of nitrogens with zero attached hydrogens (tertiary/aromatic N) is 1. The van der Waals surface area contributed by atoms with Gasteiger partial charge in [0.1, 0.15) is 5.69 Å². The van der Waals surface area contributed by atoms with Gasteiger partial charge in [-0.05, 0) is 28.4 Å². The number of pyridine rings is 1. The normalized spacial score (nSPS) is 10.9. The van der Waals surface area contributed by atoms with Crippen LogP contribution in [0, 0.1) is 6.92 Å². The fourth-order valence-electron chi connectivity index (χ4n) is 1.02. The van der Waals surface area contributed by atoms with Crippen molar-refractivity contribution in [1.29, 1.82) is 0 Å². The van der Waals surface area contributed by atoms with Gasteiger partial charge < -0.3 is 5.11 Å². The van der Waals surface area contributed by atoms with Crippen molar-refractivity contribution < 1.29 is 13.9 Å². The summed E-state index contributed by atoms with van der Waals surface area (Å²) in [5.74, 6) is 0. The summed E-state index contributed by atoms with van der Waals surface area (Å²) >= 11 is 3.15. The van der Waals surface area contributed by atoms with E-state index in [4.69, 9.17) is 5.11 Å². The van der Waals surface area contributed by atoms with Gasteiger partial charge in [-0.3, -0.25) is 4.98 Å². The molecule has 5 heteroatoms. The Morgan fingerprint density at radius 3 is 2.69 bits per heavy atom. The maximum atomic E-state index is 12.3. The van der Waals surface area contributed by atoms with Gasteiger partial charge in [0.2, 0.25) is 0 Å². The number of rotatable bonds is 2. The van der Waals surface area contributed by atoms with Gasteiger partial charge in [0.25, 0.3) is 6.43 Å². The summed E-state index contributed by atoms with van der Waals surface area (Å²) in [6.45, 7) is 1.24. The highest BCUT2D eigenvalue weighted by molar-refractivity contribution is 9.10. The molecule has 1 aromatic rings. The Morgan fingerprint density at radius 2 is 2.23 bits per heavy atom. The van der Waals surface area contributed by atoms with Crippen LogP contribution in [0.3, 0.4) is 0 Å². The summed E-state index contributed by atoms with van der Waals surface area (Å²) in [6.07, 6.45) is -1.33. The van der Waals surface area contributed by atoms with E-state index in [1.807, 2.05) is 0 Å². The Bertz CT molecular complexity index is 317. The van der Waals surface area contributed by atoms with E-state index in [1.54, 1.807) is 6.92 Å². The van der Waals surface area contributed by atoms with Gasteiger partial charge in [0.05, 0.1) is 6.61 Å². The zero-order valence-electron chi connectivity index (χ0n) is 6.89. The van der Waals surface area contributed by atoms with E-state index in [1.165, 1.54) is 6.20 Å². The number of aliphatic hydroxyl groups is 1. The number of hydrogen-bond donors (Lipinski definition) is 1. The highest BCUT2D eigenvalue weighted by atomic mass is 79.9. The molecule has 0 saturated carbocycles. The first kappa shape index (κ1) is 10.5. The molecule has 0 bridgehead atoms. The van der Waals surface area contributed by atoms with Crippen molar-refractivity contribution in [1.82, 2.24) is 4.98 Å². The van der Waals surface area contributed by atoms with Crippen molar-refractivity contribution in [3.8, 4) is 0 Å². The summed E-state index contributed by atoms with van der Waals surface area (Å²) in [7, 11) is 0. The van der Waals surface area contributed by atoms with E-state index < -0.39 is 13.0 Å². The third kappa shape index (κ3) is 2.03. The van der Waals surface area contributed by atoms with Crippen molar-refractivity contribution in [2.45, 2.75) is 20.0 Å². The van der Waals surface area contributed by atoms with Crippen LogP contribution in [-0.2, 0) is 6.61 Å². The minimum absolute atomic E-state index is 0.198. The predicted molar refractivity (Wildman–Crippen MR) is 47.6 cm³/mol. The van der Waals surface area contributed by atoms with Crippen LogP contribution in [-0.4, -0.2) is 10.1 Å². The fourth-order valence-corrected chi connectivity index (χ4v) is 1.37. The standard InChI is InChI=1S/C8H8BrF2NO/c1-4-5(3-13)7(8(10)11)12-2-6(4)9/h2,8,13H,3H2,1H3. The molecule has 2 nitrogen and oxygen atoms in total. The molecule has 1 aromatic heterocycles. The van der Waals surface area contributed by atoms with Crippen LogP contribution in [0.15, 0.2) is 10.7 Å². The van der Waals surface area contributed by atoms with E-state index in [2.05, 4.69) is 20.9 Å². The zero-order valence-corrected chi connectivity index (χ0v) is 8.48. The molecule has 1 N–H and O–H groups in total. The van der Waals surface area contributed by atoms with Gasteiger partial charge in [0.15, 0.2) is 0 Å². The molecule has 0 aromatic carbocycles. The first-order chi connectivity index (χ1) is 6.07. The van der Waals surface area contributed by atoms with E-state index in [0.29, 0.717) is 10.0 Å². The van der Waals surface area contributed by atoms with Crippen LogP contribution >= 0.6 is 15.9 Å². The summed E-state index contributed by atoms with van der Waals surface area (Å²) in [5, 5.41) is 8.88. The van der Waals surface area contributed by atoms with Gasteiger partial charge in [-0.15, -0.1) is 0 Å². The van der Waals surface area contributed by atoms with Crippen molar-refractivity contribution >= 4 is 15.9 Å². The van der Waals surface area contributed by atoms with Crippen LogP contribution in [0.5, 0.6) is 0 Å². The van der Waals surface area contributed by atoms with Crippen LogP contribution in [0.4, 0.5) is 8.78 Å². The topological polar surface area (TPSA) is 33.1 Å². The molecule has 0 fully saturated rings. The highest BCUT2D eigenvalue weighted by Crippen LogP contribution is 2.27. The first-order valence-electron chi connectivity index (χ1n) is 3.60. The first-order valence-corrected chi connectivity index (χ1v) is 4.40. The van der Waals surface area contributed by atoms with E-state index in [-0.39, 0.29) is 11.3 Å². The zero-order chi connectivity index (χ0) is 10.0. The lowest BCUT2D eigenvalue weighted by molar-refractivity contribution is 0.141. The Balaban J connectivity index is 3.30. The molecule has 1 heterocycles. The summed E-state index contributed by atoms with van der Waals surface area (Å²) < 4.78 is 25.3. The van der Waals surface area contributed by atoms with E-state index in [9.17, 15) is 8.78 Å². The maximum Gasteiger partial charge on any atom is 0.280 e. The van der Waals surface area contributed by atoms with Gasteiger partial charge in [-0.25, -0.2) is 8.78 Å². The Labute approximate surface area is 82.7 Å². The average molecular weight is 252 g/mol. The molecular weight excluding hydrogens is 244 g/mol. The minimum Gasteiger partial charge on any atom is -0.392 e. The Morgan fingerprint density at radius 1 is 1.62 bits per heavy atom. The fraction of sp³-hybridized carbons (Fsp3) is 0.375. The molecule has 13 heavy (non-hydrogen) atoms. The molecule has 72 valence electrons. The molecule has 1 rings (SSSR count). The van der Waals surface area contributed by atoms with Gasteiger partial charge in [0, 0.05) is 16.2 Å². The molecule has 0 saturated heterocycles. The lowest BCUT2D eigenvalue weighted by atomic mass is 10.1. The van der Waals surface area contributed by atoms with Crippen LogP contribution in [0.25, 0.3) is 0 Å². The van der Waals surface area contributed by atoms with Crippen LogP contribution in [0.1, 0.15) is 23.2 Å². The lowest BCUT2D eigenvalue weighted by Gasteiger charge is -2.09. The molecule has 0 amide bonds. The second-order valence-electron chi connectivity index (χ2n) is 2.55. The number of halogens is 3. The number of hydrogen-bond acceptors (Lipinski definition) is 2. The highest BCUT2D eigenvalue weighted by Gasteiger charge is 2.17. The second kappa shape index (κ2) is 4.11. The molecule has 0 atom stereocenters. The summed E-state index contributed by atoms with van der Waals surface area (Å²) in [4.78, 5) is 3.55. The predicted octanol–water partition coefficient (Wildman–Crippen LogP) is 2.58. The molecular formula is C8H8BrF2NO. The van der Waals surface area contributed by atoms with E-state index >= 15 is 0 Å². The maximum absolute atomic E-state index is 12.3. The molecule has 0 radical (unpaired) electrons. The lowest BCUT2D eigenvalue weighted by Crippen LogP contribution is -2.01. The van der Waals surface area contributed by atoms with Gasteiger partial charge >= 0.3 is 0 Å². The molecule has 0 aliphatic heterocycles. The SMILES string of the molecule is Cc1c(Br)cnc(C(F)F)c1CO. The smallest absolute Gasteiger partial charge is 0.280 e. The molecule has 0 aliphatic carbocycles. The number of alkyl halides is 2. The average Bonchev–Trinajstić information content (AvgIpc) is 2.09. The molecule has 0 spiro atoms. The van der Waals surface area contributed by atoms with E-state index in [0.717, 1.165) is 0 Å². The van der Waals surface area contributed by atoms with Crippen molar-refractivity contribution in [2.24, 2.45) is 0 Å². The quantitative estimate of drug-likeness (QED) is 0.877. The monoisotopic (exact) mass is 251 g/mol. The molecule has 0 unspecified atom stereocenters. The van der Waals surface area contributed by atoms with Crippen molar-refractivity contribution in [3.05, 3.63) is 27.5 Å². The summed E-state index contributed by atoms with van der Waals surface area (Å²) in [5.41, 5.74) is 0.459.